The normalized spacial score (nSPS) is 12.9. The van der Waals surface area contributed by atoms with E-state index in [1.807, 2.05) is 0 Å². The summed E-state index contributed by atoms with van der Waals surface area (Å²) in [5.41, 5.74) is 0. The van der Waals surface area contributed by atoms with Gasteiger partial charge in [0, 0.05) is 13.1 Å². The molecule has 3 nitrogen and oxygen atoms in total. The average molecular weight is 347 g/mol. The second-order valence-electron chi connectivity index (χ2n) is 3.78. The molecule has 0 aromatic rings. The van der Waals surface area contributed by atoms with Gasteiger partial charge in [0.15, 0.2) is 0 Å². The van der Waals surface area contributed by atoms with Gasteiger partial charge < -0.3 is 9.64 Å². The van der Waals surface area contributed by atoms with Gasteiger partial charge in [-0.25, -0.2) is 0 Å². The van der Waals surface area contributed by atoms with E-state index in [-0.39, 0.29) is 4.90 Å². The molecule has 0 aliphatic carbocycles. The second-order valence-corrected chi connectivity index (χ2v) is 3.78. The van der Waals surface area contributed by atoms with Gasteiger partial charge in [0.1, 0.15) is 0 Å². The lowest BCUT2D eigenvalue weighted by molar-refractivity contribution is -0.385. The number of rotatable bonds is 7. The predicted octanol–water partition coefficient (Wildman–Crippen LogP) is 3.77. The van der Waals surface area contributed by atoms with E-state index in [2.05, 4.69) is 4.74 Å². The standard InChI is InChI=1S/C10H10F9NO2/c1-3-20(4-2)7(21)8(14,15)9(16,17)10(18,19)22-6(13)5(11)12/h3-4H2,1-2H3. The van der Waals surface area contributed by atoms with E-state index < -0.39 is 49.0 Å². The summed E-state index contributed by atoms with van der Waals surface area (Å²) in [6.45, 7) is 1.18. The first kappa shape index (κ1) is 20.4. The zero-order valence-corrected chi connectivity index (χ0v) is 11.1. The summed E-state index contributed by atoms with van der Waals surface area (Å²) in [4.78, 5) is 11.3. The van der Waals surface area contributed by atoms with Gasteiger partial charge in [-0.2, -0.15) is 39.5 Å². The lowest BCUT2D eigenvalue weighted by Crippen LogP contribution is -2.62. The topological polar surface area (TPSA) is 29.5 Å². The molecule has 0 N–H and O–H groups in total. The Hall–Kier alpha value is -1.62. The lowest BCUT2D eigenvalue weighted by Gasteiger charge is -2.33. The summed E-state index contributed by atoms with van der Waals surface area (Å²) >= 11 is 0. The van der Waals surface area contributed by atoms with E-state index in [0.29, 0.717) is 0 Å². The van der Waals surface area contributed by atoms with Crippen molar-refractivity contribution >= 4 is 5.91 Å². The number of ether oxygens (including phenoxy) is 1. The maximum atomic E-state index is 13.3. The number of carbonyl (C=O) groups excluding carboxylic acids is 1. The number of amides is 1. The van der Waals surface area contributed by atoms with Crippen molar-refractivity contribution in [2.24, 2.45) is 0 Å². The molecule has 0 saturated heterocycles. The largest absolute Gasteiger partial charge is 0.473 e. The first-order chi connectivity index (χ1) is 9.76. The molecular weight excluding hydrogens is 337 g/mol. The minimum atomic E-state index is -6.58. The summed E-state index contributed by atoms with van der Waals surface area (Å²) < 4.78 is 116. The van der Waals surface area contributed by atoms with Crippen LogP contribution in [0.15, 0.2) is 12.1 Å². The quantitative estimate of drug-likeness (QED) is 0.518. The third-order valence-corrected chi connectivity index (χ3v) is 2.45. The van der Waals surface area contributed by atoms with Crippen LogP contribution in [0, 0.1) is 0 Å². The van der Waals surface area contributed by atoms with Crippen LogP contribution in [-0.2, 0) is 9.53 Å². The smallest absolute Gasteiger partial charge is 0.397 e. The molecule has 22 heavy (non-hydrogen) atoms. The molecule has 0 saturated carbocycles. The summed E-state index contributed by atoms with van der Waals surface area (Å²) in [6.07, 6.45) is -9.96. The third-order valence-electron chi connectivity index (χ3n) is 2.45. The fourth-order valence-electron chi connectivity index (χ4n) is 1.24. The number of carbonyl (C=O) groups is 1. The van der Waals surface area contributed by atoms with Crippen molar-refractivity contribution in [3.8, 4) is 0 Å². The van der Waals surface area contributed by atoms with Crippen LogP contribution >= 0.6 is 0 Å². The third kappa shape index (κ3) is 3.58. The molecule has 0 aliphatic heterocycles. The number of hydrogen-bond donors (Lipinski definition) is 0. The Kier molecular flexibility index (Phi) is 6.16. The van der Waals surface area contributed by atoms with Gasteiger partial charge >= 0.3 is 30.0 Å². The molecular formula is C10H10F9NO2. The highest BCUT2D eigenvalue weighted by Gasteiger charge is 2.78. The highest BCUT2D eigenvalue weighted by molar-refractivity contribution is 5.84. The summed E-state index contributed by atoms with van der Waals surface area (Å²) in [5, 5.41) is 0. The summed E-state index contributed by atoms with van der Waals surface area (Å²) in [7, 11) is 0. The Morgan fingerprint density at radius 3 is 1.68 bits per heavy atom. The van der Waals surface area contributed by atoms with Gasteiger partial charge in [-0.1, -0.05) is 0 Å². The minimum absolute atomic E-state index is 0.103. The highest BCUT2D eigenvalue weighted by Crippen LogP contribution is 2.48. The first-order valence-corrected chi connectivity index (χ1v) is 5.58. The lowest BCUT2D eigenvalue weighted by atomic mass is 10.1. The van der Waals surface area contributed by atoms with Crippen molar-refractivity contribution < 1.29 is 49.0 Å². The van der Waals surface area contributed by atoms with E-state index in [4.69, 9.17) is 0 Å². The molecule has 0 fully saturated rings. The monoisotopic (exact) mass is 347 g/mol. The van der Waals surface area contributed by atoms with Crippen LogP contribution in [0.1, 0.15) is 13.8 Å². The Morgan fingerprint density at radius 1 is 0.955 bits per heavy atom. The van der Waals surface area contributed by atoms with Gasteiger partial charge in [-0.05, 0) is 13.8 Å². The van der Waals surface area contributed by atoms with E-state index in [1.165, 1.54) is 0 Å². The number of nitrogens with zero attached hydrogens (tertiary/aromatic N) is 1. The van der Waals surface area contributed by atoms with Crippen LogP contribution in [0.2, 0.25) is 0 Å². The maximum absolute atomic E-state index is 13.3. The van der Waals surface area contributed by atoms with Crippen LogP contribution in [-0.4, -0.2) is 41.9 Å². The molecule has 0 rings (SSSR count). The van der Waals surface area contributed by atoms with Crippen LogP contribution < -0.4 is 0 Å². The molecule has 0 aromatic heterocycles. The predicted molar refractivity (Wildman–Crippen MR) is 54.2 cm³/mol. The Bertz CT molecular complexity index is 442. The van der Waals surface area contributed by atoms with Crippen LogP contribution in [0.5, 0.6) is 0 Å². The van der Waals surface area contributed by atoms with Crippen molar-refractivity contribution in [3.63, 3.8) is 0 Å². The van der Waals surface area contributed by atoms with Crippen molar-refractivity contribution in [3.05, 3.63) is 12.1 Å². The van der Waals surface area contributed by atoms with Crippen molar-refractivity contribution in [2.75, 3.05) is 13.1 Å². The molecule has 0 aliphatic rings. The highest BCUT2D eigenvalue weighted by atomic mass is 19.4. The maximum Gasteiger partial charge on any atom is 0.473 e. The van der Waals surface area contributed by atoms with Gasteiger partial charge in [-0.3, -0.25) is 4.79 Å². The Balaban J connectivity index is 5.68. The van der Waals surface area contributed by atoms with Gasteiger partial charge in [0.05, 0.1) is 0 Å². The molecule has 1 amide bonds. The molecule has 130 valence electrons. The second kappa shape index (κ2) is 6.65. The van der Waals surface area contributed by atoms with Crippen LogP contribution in [0.4, 0.5) is 39.5 Å². The van der Waals surface area contributed by atoms with E-state index in [9.17, 15) is 44.3 Å². The fourth-order valence-corrected chi connectivity index (χ4v) is 1.24. The molecule has 0 radical (unpaired) electrons. The number of halogens is 9. The fraction of sp³-hybridized carbons (Fsp3) is 0.700. The van der Waals surface area contributed by atoms with Gasteiger partial charge in [0.25, 0.3) is 5.91 Å². The van der Waals surface area contributed by atoms with Crippen molar-refractivity contribution in [1.82, 2.24) is 4.90 Å². The molecule has 0 atom stereocenters. The number of alkyl halides is 6. The molecule has 0 spiro atoms. The molecule has 0 unspecified atom stereocenters. The summed E-state index contributed by atoms with van der Waals surface area (Å²) in [5.74, 6) is -15.3. The van der Waals surface area contributed by atoms with Crippen LogP contribution in [0.3, 0.4) is 0 Å². The SMILES string of the molecule is CCN(CC)C(=O)C(F)(F)C(F)(F)C(F)(F)OC(F)=C(F)F. The van der Waals surface area contributed by atoms with E-state index in [0.717, 1.165) is 13.8 Å². The molecule has 0 bridgehead atoms. The van der Waals surface area contributed by atoms with Gasteiger partial charge in [-0.15, -0.1) is 0 Å². The zero-order chi connectivity index (χ0) is 17.9. The zero-order valence-electron chi connectivity index (χ0n) is 11.1. The average Bonchev–Trinajstić information content (AvgIpc) is 2.38. The van der Waals surface area contributed by atoms with Crippen molar-refractivity contribution in [2.45, 2.75) is 31.8 Å². The van der Waals surface area contributed by atoms with Crippen molar-refractivity contribution in [1.29, 1.82) is 0 Å². The summed E-state index contributed by atoms with van der Waals surface area (Å²) in [6, 6.07) is -3.46. The number of hydrogen-bond acceptors (Lipinski definition) is 2. The first-order valence-electron chi connectivity index (χ1n) is 5.58. The van der Waals surface area contributed by atoms with Gasteiger partial charge in [0.2, 0.25) is 0 Å². The Morgan fingerprint density at radius 2 is 1.36 bits per heavy atom. The molecule has 0 aromatic carbocycles. The van der Waals surface area contributed by atoms with E-state index >= 15 is 0 Å². The van der Waals surface area contributed by atoms with Crippen LogP contribution in [0.25, 0.3) is 0 Å². The molecule has 12 heteroatoms. The Labute approximate surface area is 118 Å². The minimum Gasteiger partial charge on any atom is -0.397 e. The molecule has 0 heterocycles. The van der Waals surface area contributed by atoms with E-state index in [1.54, 1.807) is 0 Å².